The van der Waals surface area contributed by atoms with Crippen molar-refractivity contribution in [2.75, 3.05) is 34.4 Å². The summed E-state index contributed by atoms with van der Waals surface area (Å²) in [6.45, 7) is 0.872. The predicted molar refractivity (Wildman–Crippen MR) is 118 cm³/mol. The molecule has 0 saturated carbocycles. The molecule has 1 heterocycles. The average Bonchev–Trinajstić information content (AvgIpc) is 3.15. The Bertz CT molecular complexity index is 958. The van der Waals surface area contributed by atoms with Crippen molar-refractivity contribution in [2.24, 2.45) is 0 Å². The maximum Gasteiger partial charge on any atom is 0.349 e. The molecule has 0 bridgehead atoms. The third-order valence-corrected chi connectivity index (χ3v) is 6.42. The second-order valence-corrected chi connectivity index (χ2v) is 8.11. The zero-order valence-corrected chi connectivity index (χ0v) is 18.3. The molecule has 2 aliphatic rings. The third kappa shape index (κ3) is 4.26. The second-order valence-electron chi connectivity index (χ2n) is 8.11. The van der Waals surface area contributed by atoms with E-state index in [4.69, 9.17) is 18.9 Å². The minimum absolute atomic E-state index is 0.0370. The van der Waals surface area contributed by atoms with Gasteiger partial charge in [-0.3, -0.25) is 4.90 Å². The predicted octanol–water partition coefficient (Wildman–Crippen LogP) is 3.95. The summed E-state index contributed by atoms with van der Waals surface area (Å²) in [6.07, 6.45) is 4.75. The zero-order valence-electron chi connectivity index (χ0n) is 18.3. The van der Waals surface area contributed by atoms with E-state index in [9.17, 15) is 4.79 Å². The molecule has 6 heteroatoms. The molecule has 0 amide bonds. The van der Waals surface area contributed by atoms with Crippen molar-refractivity contribution in [3.8, 4) is 17.2 Å². The Hall–Kier alpha value is -2.99. The number of ether oxygens (including phenoxy) is 4. The molecule has 31 heavy (non-hydrogen) atoms. The van der Waals surface area contributed by atoms with Gasteiger partial charge >= 0.3 is 5.97 Å². The fourth-order valence-corrected chi connectivity index (χ4v) is 4.78. The molecule has 1 saturated heterocycles. The van der Waals surface area contributed by atoms with Gasteiger partial charge in [0.1, 0.15) is 11.5 Å². The number of methoxy groups -OCH3 is 2. The average molecular weight is 424 g/mol. The molecule has 2 aromatic carbocycles. The van der Waals surface area contributed by atoms with Crippen molar-refractivity contribution in [2.45, 2.75) is 30.7 Å². The summed E-state index contributed by atoms with van der Waals surface area (Å²) in [5.74, 6) is 2.46. The Morgan fingerprint density at radius 3 is 2.58 bits per heavy atom. The number of hydrogen-bond acceptors (Lipinski definition) is 6. The number of para-hydroxylation sites is 1. The number of carbonyl (C=O) groups is 1. The van der Waals surface area contributed by atoms with Gasteiger partial charge in [0.15, 0.2) is 18.1 Å². The number of rotatable bonds is 7. The molecule has 1 fully saturated rings. The van der Waals surface area contributed by atoms with Crippen LogP contribution in [-0.2, 0) is 14.9 Å². The first-order valence-corrected chi connectivity index (χ1v) is 10.6. The summed E-state index contributed by atoms with van der Waals surface area (Å²) in [5.41, 5.74) is 1.19. The van der Waals surface area contributed by atoms with E-state index in [1.54, 1.807) is 14.2 Å². The molecule has 1 aliphatic carbocycles. The molecule has 0 unspecified atom stereocenters. The van der Waals surface area contributed by atoms with Crippen LogP contribution in [0.25, 0.3) is 0 Å². The van der Waals surface area contributed by atoms with Crippen molar-refractivity contribution >= 4 is 5.97 Å². The Balaban J connectivity index is 1.50. The Labute approximate surface area is 183 Å². The van der Waals surface area contributed by atoms with E-state index in [0.29, 0.717) is 12.2 Å². The first-order chi connectivity index (χ1) is 15.1. The SMILES string of the molecule is COc1ccc([C@@]23CCC(OC(=O)COc4ccccc4)=C[C@@H]2N(C)CC3)cc1OC. The van der Waals surface area contributed by atoms with E-state index >= 15 is 0 Å². The van der Waals surface area contributed by atoms with Crippen molar-refractivity contribution in [1.29, 1.82) is 0 Å². The molecule has 2 aromatic rings. The molecule has 4 rings (SSSR count). The van der Waals surface area contributed by atoms with Crippen LogP contribution in [0.5, 0.6) is 17.2 Å². The number of nitrogens with zero attached hydrogens (tertiary/aromatic N) is 1. The van der Waals surface area contributed by atoms with E-state index in [0.717, 1.165) is 36.6 Å². The van der Waals surface area contributed by atoms with E-state index < -0.39 is 0 Å². The molecule has 2 atom stereocenters. The number of hydrogen-bond donors (Lipinski definition) is 0. The molecule has 0 spiro atoms. The monoisotopic (exact) mass is 423 g/mol. The fraction of sp³-hybridized carbons (Fsp3) is 0.400. The molecular weight excluding hydrogens is 394 g/mol. The second kappa shape index (κ2) is 9.02. The smallest absolute Gasteiger partial charge is 0.349 e. The molecule has 0 radical (unpaired) electrons. The highest BCUT2D eigenvalue weighted by Gasteiger charge is 2.48. The summed E-state index contributed by atoms with van der Waals surface area (Å²) in [7, 11) is 5.42. The van der Waals surface area contributed by atoms with Gasteiger partial charge in [-0.1, -0.05) is 24.3 Å². The van der Waals surface area contributed by atoms with Crippen molar-refractivity contribution < 1.29 is 23.7 Å². The molecule has 1 aliphatic heterocycles. The lowest BCUT2D eigenvalue weighted by atomic mass is 9.68. The summed E-state index contributed by atoms with van der Waals surface area (Å²) in [4.78, 5) is 14.7. The number of esters is 1. The van der Waals surface area contributed by atoms with Gasteiger partial charge < -0.3 is 18.9 Å². The topological polar surface area (TPSA) is 57.2 Å². The van der Waals surface area contributed by atoms with Crippen molar-refractivity contribution in [1.82, 2.24) is 4.90 Å². The van der Waals surface area contributed by atoms with E-state index in [2.05, 4.69) is 30.2 Å². The number of carbonyl (C=O) groups excluding carboxylic acids is 1. The van der Waals surface area contributed by atoms with Crippen LogP contribution in [-0.4, -0.2) is 51.3 Å². The quantitative estimate of drug-likeness (QED) is 0.629. The maximum atomic E-state index is 12.3. The van der Waals surface area contributed by atoms with Crippen LogP contribution < -0.4 is 14.2 Å². The normalized spacial score (nSPS) is 22.9. The van der Waals surface area contributed by atoms with Gasteiger partial charge in [-0.2, -0.15) is 0 Å². The van der Waals surface area contributed by atoms with Gasteiger partial charge in [0, 0.05) is 17.9 Å². The minimum atomic E-state index is -0.380. The van der Waals surface area contributed by atoms with Crippen LogP contribution in [0.3, 0.4) is 0 Å². The lowest BCUT2D eigenvalue weighted by Gasteiger charge is -2.40. The van der Waals surface area contributed by atoms with Crippen LogP contribution in [0.2, 0.25) is 0 Å². The van der Waals surface area contributed by atoms with Crippen molar-refractivity contribution in [3.05, 3.63) is 65.9 Å². The van der Waals surface area contributed by atoms with Crippen molar-refractivity contribution in [3.63, 3.8) is 0 Å². The number of fused-ring (bicyclic) bond motifs is 1. The molecular formula is C25H29NO5. The maximum absolute atomic E-state index is 12.3. The van der Waals surface area contributed by atoms with Gasteiger partial charge in [-0.05, 0) is 62.3 Å². The summed E-state index contributed by atoms with van der Waals surface area (Å²) >= 11 is 0. The highest BCUT2D eigenvalue weighted by atomic mass is 16.6. The van der Waals surface area contributed by atoms with Crippen LogP contribution in [0.15, 0.2) is 60.4 Å². The van der Waals surface area contributed by atoms with E-state index in [1.165, 1.54) is 5.56 Å². The Kier molecular flexibility index (Phi) is 6.18. The highest BCUT2D eigenvalue weighted by molar-refractivity contribution is 5.72. The first kappa shape index (κ1) is 21.2. The number of likely N-dealkylation sites (tertiary alicyclic amines) is 1. The molecule has 164 valence electrons. The highest BCUT2D eigenvalue weighted by Crippen LogP contribution is 2.49. The molecule has 6 nitrogen and oxygen atoms in total. The van der Waals surface area contributed by atoms with E-state index in [1.807, 2.05) is 36.4 Å². The van der Waals surface area contributed by atoms with Crippen LogP contribution in [0.1, 0.15) is 24.8 Å². The van der Waals surface area contributed by atoms with Gasteiger partial charge in [0.2, 0.25) is 0 Å². The zero-order chi connectivity index (χ0) is 21.8. The van der Waals surface area contributed by atoms with Crippen LogP contribution in [0.4, 0.5) is 0 Å². The van der Waals surface area contributed by atoms with Crippen LogP contribution >= 0.6 is 0 Å². The van der Waals surface area contributed by atoms with Gasteiger partial charge in [0.25, 0.3) is 0 Å². The lowest BCUT2D eigenvalue weighted by Crippen LogP contribution is -2.42. The van der Waals surface area contributed by atoms with Gasteiger partial charge in [0.05, 0.1) is 14.2 Å². The van der Waals surface area contributed by atoms with Gasteiger partial charge in [-0.15, -0.1) is 0 Å². The van der Waals surface area contributed by atoms with Crippen LogP contribution in [0, 0.1) is 0 Å². The van der Waals surface area contributed by atoms with E-state index in [-0.39, 0.29) is 24.0 Å². The molecule has 0 N–H and O–H groups in total. The Morgan fingerprint density at radius 1 is 1.06 bits per heavy atom. The lowest BCUT2D eigenvalue weighted by molar-refractivity contribution is -0.142. The largest absolute Gasteiger partial charge is 0.493 e. The minimum Gasteiger partial charge on any atom is -0.493 e. The standard InChI is InChI=1S/C25H29NO5/c1-26-14-13-25(18-9-10-21(28-2)22(15-18)29-3)12-11-20(16-23(25)26)31-24(27)17-30-19-7-5-4-6-8-19/h4-10,15-16,23H,11-14,17H2,1-3H3/t23-,25-/m0/s1. The third-order valence-electron chi connectivity index (χ3n) is 6.42. The fourth-order valence-electron chi connectivity index (χ4n) is 4.78. The number of likely N-dealkylation sites (N-methyl/N-ethyl adjacent to an activating group) is 1. The summed E-state index contributed by atoms with van der Waals surface area (Å²) < 4.78 is 22.1. The Morgan fingerprint density at radius 2 is 1.84 bits per heavy atom. The summed E-state index contributed by atoms with van der Waals surface area (Å²) in [6, 6.07) is 15.6. The number of allylic oxidation sites excluding steroid dienone is 1. The molecule has 0 aromatic heterocycles. The summed E-state index contributed by atoms with van der Waals surface area (Å²) in [5, 5.41) is 0. The van der Waals surface area contributed by atoms with Gasteiger partial charge in [-0.25, -0.2) is 4.79 Å². The first-order valence-electron chi connectivity index (χ1n) is 10.6. The number of benzene rings is 2.